The van der Waals surface area contributed by atoms with Crippen LogP contribution in [0.15, 0.2) is 22.2 Å². The molecule has 0 bridgehead atoms. The summed E-state index contributed by atoms with van der Waals surface area (Å²) in [5.74, 6) is -2.15. The molecule has 10 heteroatoms. The Morgan fingerprint density at radius 2 is 2.21 bits per heavy atom. The average molecular weight is 423 g/mol. The number of anilines is 1. The molecule has 0 amide bonds. The standard InChI is InChI=1S/C19H20ClFN4O4/c1-29-23-14-8-24(6-9(14)5-22)17-13(21)4-11-16(15(17)20)25(10-2-3-10)7-12(18(11)26)19(27)28/h4,7,9-10H,2-3,5-6,8,22H2,1H3,(H,27,28)/b23-14-. The van der Waals surface area contributed by atoms with Crippen molar-refractivity contribution in [2.75, 3.05) is 31.6 Å². The van der Waals surface area contributed by atoms with Gasteiger partial charge in [-0.25, -0.2) is 9.18 Å². The van der Waals surface area contributed by atoms with Gasteiger partial charge in [0, 0.05) is 31.2 Å². The first-order chi connectivity index (χ1) is 13.9. The number of carbonyl (C=O) groups is 1. The van der Waals surface area contributed by atoms with Crippen LogP contribution in [-0.2, 0) is 4.84 Å². The van der Waals surface area contributed by atoms with Crippen LogP contribution in [0.4, 0.5) is 10.1 Å². The Kier molecular flexibility index (Phi) is 4.95. The number of carboxylic acids is 1. The van der Waals surface area contributed by atoms with Crippen molar-refractivity contribution in [3.63, 3.8) is 0 Å². The van der Waals surface area contributed by atoms with E-state index in [1.54, 1.807) is 9.47 Å². The van der Waals surface area contributed by atoms with E-state index in [1.807, 2.05) is 0 Å². The van der Waals surface area contributed by atoms with Gasteiger partial charge >= 0.3 is 5.97 Å². The molecule has 2 heterocycles. The van der Waals surface area contributed by atoms with Gasteiger partial charge in [-0.3, -0.25) is 4.79 Å². The predicted molar refractivity (Wildman–Crippen MR) is 108 cm³/mol. The summed E-state index contributed by atoms with van der Waals surface area (Å²) in [6, 6.07) is 1.11. The van der Waals surface area contributed by atoms with Gasteiger partial charge in [0.05, 0.1) is 33.9 Å². The number of nitrogens with zero attached hydrogens (tertiary/aromatic N) is 3. The number of hydrogen-bond acceptors (Lipinski definition) is 6. The van der Waals surface area contributed by atoms with Crippen molar-refractivity contribution in [2.45, 2.75) is 18.9 Å². The highest BCUT2D eigenvalue weighted by molar-refractivity contribution is 6.38. The van der Waals surface area contributed by atoms with E-state index in [4.69, 9.17) is 22.2 Å². The molecule has 8 nitrogen and oxygen atoms in total. The Bertz CT molecular complexity index is 1100. The molecule has 1 saturated heterocycles. The zero-order valence-electron chi connectivity index (χ0n) is 15.7. The number of rotatable bonds is 5. The van der Waals surface area contributed by atoms with E-state index in [0.29, 0.717) is 30.9 Å². The molecule has 1 aliphatic carbocycles. The normalized spacial score (nSPS) is 20.6. The molecular formula is C19H20ClFN4O4. The highest BCUT2D eigenvalue weighted by Gasteiger charge is 2.34. The summed E-state index contributed by atoms with van der Waals surface area (Å²) in [6.07, 6.45) is 2.98. The predicted octanol–water partition coefficient (Wildman–Crippen LogP) is 2.22. The summed E-state index contributed by atoms with van der Waals surface area (Å²) in [7, 11) is 1.43. The molecule has 154 valence electrons. The molecule has 0 spiro atoms. The quantitative estimate of drug-likeness (QED) is 0.715. The zero-order chi connectivity index (χ0) is 20.9. The van der Waals surface area contributed by atoms with E-state index in [9.17, 15) is 14.7 Å². The molecule has 1 atom stereocenters. The topological polar surface area (TPSA) is 110 Å². The average Bonchev–Trinajstić information content (AvgIpc) is 3.44. The molecule has 2 aromatic rings. The van der Waals surface area contributed by atoms with Crippen LogP contribution in [0.3, 0.4) is 0 Å². The van der Waals surface area contributed by atoms with Gasteiger partial charge in [-0.2, -0.15) is 0 Å². The molecule has 29 heavy (non-hydrogen) atoms. The maximum atomic E-state index is 15.1. The number of oxime groups is 1. The summed E-state index contributed by atoms with van der Waals surface area (Å²) < 4.78 is 16.8. The smallest absolute Gasteiger partial charge is 0.341 e. The fourth-order valence-corrected chi connectivity index (χ4v) is 4.29. The van der Waals surface area contributed by atoms with E-state index in [0.717, 1.165) is 18.9 Å². The number of pyridine rings is 1. The number of hydrogen-bond donors (Lipinski definition) is 2. The number of benzene rings is 1. The first kappa shape index (κ1) is 19.7. The third-order valence-electron chi connectivity index (χ3n) is 5.43. The van der Waals surface area contributed by atoms with E-state index >= 15 is 4.39 Å². The minimum absolute atomic E-state index is 0.0352. The van der Waals surface area contributed by atoms with Gasteiger partial charge in [0.2, 0.25) is 5.43 Å². The van der Waals surface area contributed by atoms with Gasteiger partial charge in [-0.05, 0) is 18.9 Å². The lowest BCUT2D eigenvalue weighted by atomic mass is 10.1. The third kappa shape index (κ3) is 3.24. The third-order valence-corrected chi connectivity index (χ3v) is 5.79. The van der Waals surface area contributed by atoms with Crippen molar-refractivity contribution in [2.24, 2.45) is 16.8 Å². The first-order valence-electron chi connectivity index (χ1n) is 9.22. The molecule has 0 radical (unpaired) electrons. The van der Waals surface area contributed by atoms with Gasteiger partial charge < -0.3 is 25.1 Å². The van der Waals surface area contributed by atoms with Crippen LogP contribution in [0.25, 0.3) is 10.9 Å². The minimum atomic E-state index is -1.35. The highest BCUT2D eigenvalue weighted by Crippen LogP contribution is 2.42. The lowest BCUT2D eigenvalue weighted by Gasteiger charge is -2.22. The molecule has 2 aliphatic rings. The Morgan fingerprint density at radius 3 is 2.79 bits per heavy atom. The van der Waals surface area contributed by atoms with Gasteiger partial charge in [0.1, 0.15) is 18.5 Å². The number of nitrogens with two attached hydrogens (primary N) is 1. The van der Waals surface area contributed by atoms with E-state index in [2.05, 4.69) is 5.16 Å². The molecule has 1 aromatic heterocycles. The second kappa shape index (κ2) is 7.31. The molecular weight excluding hydrogens is 403 g/mol. The number of fused-ring (bicyclic) bond motifs is 1. The van der Waals surface area contributed by atoms with Crippen LogP contribution < -0.4 is 16.1 Å². The Balaban J connectivity index is 1.93. The Labute approximate surface area is 170 Å². The zero-order valence-corrected chi connectivity index (χ0v) is 16.4. The van der Waals surface area contributed by atoms with Crippen molar-refractivity contribution in [1.29, 1.82) is 0 Å². The molecule has 1 aromatic carbocycles. The number of aromatic carboxylic acids is 1. The molecule has 3 N–H and O–H groups in total. The van der Waals surface area contributed by atoms with Crippen LogP contribution in [0.5, 0.6) is 0 Å². The summed E-state index contributed by atoms with van der Waals surface area (Å²) in [6.45, 7) is 1.01. The van der Waals surface area contributed by atoms with Crippen LogP contribution in [0.1, 0.15) is 29.2 Å². The number of carboxylic acid groups (broad SMARTS) is 1. The van der Waals surface area contributed by atoms with Crippen LogP contribution in [0.2, 0.25) is 5.02 Å². The van der Waals surface area contributed by atoms with E-state index in [1.165, 1.54) is 13.3 Å². The van der Waals surface area contributed by atoms with Gasteiger partial charge in [-0.1, -0.05) is 16.8 Å². The van der Waals surface area contributed by atoms with E-state index in [-0.39, 0.29) is 28.1 Å². The molecule has 1 saturated carbocycles. The molecule has 4 rings (SSSR count). The van der Waals surface area contributed by atoms with Gasteiger partial charge in [0.25, 0.3) is 0 Å². The van der Waals surface area contributed by atoms with Crippen molar-refractivity contribution in [3.05, 3.63) is 38.9 Å². The lowest BCUT2D eigenvalue weighted by molar-refractivity contribution is 0.0695. The first-order valence-corrected chi connectivity index (χ1v) is 9.60. The largest absolute Gasteiger partial charge is 0.477 e. The van der Waals surface area contributed by atoms with E-state index < -0.39 is 22.8 Å². The lowest BCUT2D eigenvalue weighted by Crippen LogP contribution is -2.25. The maximum Gasteiger partial charge on any atom is 0.341 e. The fourth-order valence-electron chi connectivity index (χ4n) is 3.88. The minimum Gasteiger partial charge on any atom is -0.477 e. The highest BCUT2D eigenvalue weighted by atomic mass is 35.5. The van der Waals surface area contributed by atoms with Crippen molar-refractivity contribution in [1.82, 2.24) is 4.57 Å². The molecule has 2 fully saturated rings. The SMILES string of the molecule is CO/N=C1/CN(c2c(F)cc3c(=O)c(C(=O)O)cn(C4CC4)c3c2Cl)CC1CN. The number of aromatic nitrogens is 1. The number of halogens is 2. The second-order valence-corrected chi connectivity index (χ2v) is 7.69. The van der Waals surface area contributed by atoms with Crippen LogP contribution in [-0.4, -0.2) is 48.1 Å². The summed E-state index contributed by atoms with van der Waals surface area (Å²) in [5.41, 5.74) is 5.84. The van der Waals surface area contributed by atoms with Gasteiger partial charge in [-0.15, -0.1) is 0 Å². The summed E-state index contributed by atoms with van der Waals surface area (Å²) >= 11 is 6.63. The fraction of sp³-hybridized carbons (Fsp3) is 0.421. The van der Waals surface area contributed by atoms with Crippen molar-refractivity contribution in [3.8, 4) is 0 Å². The monoisotopic (exact) mass is 422 g/mol. The van der Waals surface area contributed by atoms with Crippen molar-refractivity contribution < 1.29 is 19.1 Å². The Morgan fingerprint density at radius 1 is 1.48 bits per heavy atom. The molecule has 1 unspecified atom stereocenters. The molecule has 1 aliphatic heterocycles. The summed E-state index contributed by atoms with van der Waals surface area (Å²) in [5, 5.41) is 13.4. The second-order valence-electron chi connectivity index (χ2n) is 7.31. The maximum absolute atomic E-state index is 15.1. The van der Waals surface area contributed by atoms with Crippen LogP contribution in [0, 0.1) is 11.7 Å². The van der Waals surface area contributed by atoms with Crippen LogP contribution >= 0.6 is 11.6 Å². The summed E-state index contributed by atoms with van der Waals surface area (Å²) in [4.78, 5) is 30.7. The Hall–Kier alpha value is -2.65. The van der Waals surface area contributed by atoms with Crippen molar-refractivity contribution >= 4 is 39.9 Å². The van der Waals surface area contributed by atoms with Gasteiger partial charge in [0.15, 0.2) is 0 Å².